The van der Waals surface area contributed by atoms with Crippen LogP contribution in [0.5, 0.6) is 5.75 Å². The Hall–Kier alpha value is -2.23. The van der Waals surface area contributed by atoms with Gasteiger partial charge >= 0.3 is 0 Å². The van der Waals surface area contributed by atoms with Gasteiger partial charge in [-0.1, -0.05) is 28.3 Å². The minimum absolute atomic E-state index is 0.108. The molecule has 7 nitrogen and oxygen atoms in total. The predicted octanol–water partition coefficient (Wildman–Crippen LogP) is 4.66. The summed E-state index contributed by atoms with van der Waals surface area (Å²) in [5.41, 5.74) is 7.58. The number of nitrogens with two attached hydrogens (primary N) is 1. The fourth-order valence-electron chi connectivity index (χ4n) is 3.82. The standard InChI is InChI=1S/C21H22Cl2FN5O2/c1-12(19-16(22)2-3-17(24)20(19)23)31-18-8-13(9-27-21(18)25)14-10-28-29(30,11-14)15-4-6-26-7-5-15/h2-3,8-12,15,26H,4-7H2,1H3,(H2,25,27)/t12-,29?/m1/s1. The maximum absolute atomic E-state index is 13.9. The number of ether oxygens (including phenoxy) is 1. The van der Waals surface area contributed by atoms with Gasteiger partial charge in [-0.3, -0.25) is 0 Å². The van der Waals surface area contributed by atoms with Gasteiger partial charge in [0.1, 0.15) is 24.2 Å². The number of allylic oxidation sites excluding steroid dienone is 1. The van der Waals surface area contributed by atoms with Crippen molar-refractivity contribution in [1.29, 1.82) is 0 Å². The Bertz CT molecular complexity index is 1060. The number of piperidine rings is 1. The van der Waals surface area contributed by atoms with E-state index in [0.29, 0.717) is 16.7 Å². The molecule has 2 aliphatic heterocycles. The van der Waals surface area contributed by atoms with Gasteiger partial charge in [0, 0.05) is 48.3 Å². The largest absolute Gasteiger partial charge is 0.600 e. The Balaban J connectivity index is 1.59. The summed E-state index contributed by atoms with van der Waals surface area (Å²) in [6, 6.07) is 4.17. The lowest BCUT2D eigenvalue weighted by Crippen LogP contribution is -2.46. The fraction of sp³-hybridized carbons (Fsp3) is 0.333. The minimum Gasteiger partial charge on any atom is -0.600 e. The normalized spacial score (nSPS) is 22.4. The molecule has 2 atom stereocenters. The number of rotatable bonds is 5. The van der Waals surface area contributed by atoms with E-state index in [9.17, 15) is 9.60 Å². The number of nitrogens with one attached hydrogen (secondary N) is 1. The zero-order valence-electron chi connectivity index (χ0n) is 16.8. The number of quaternary nitrogens is 1. The van der Waals surface area contributed by atoms with Crippen LogP contribution in [-0.4, -0.2) is 35.1 Å². The molecule has 1 saturated heterocycles. The number of aromatic nitrogens is 1. The van der Waals surface area contributed by atoms with Crippen LogP contribution in [0.4, 0.5) is 10.2 Å². The number of pyridine rings is 1. The van der Waals surface area contributed by atoms with Gasteiger partial charge in [0.2, 0.25) is 0 Å². The van der Waals surface area contributed by atoms with Crippen LogP contribution in [-0.2, 0) is 0 Å². The first-order valence-electron chi connectivity index (χ1n) is 9.93. The number of anilines is 1. The molecule has 1 aromatic carbocycles. The van der Waals surface area contributed by atoms with E-state index in [0.717, 1.165) is 25.9 Å². The number of benzene rings is 1. The van der Waals surface area contributed by atoms with Crippen LogP contribution in [0.2, 0.25) is 10.0 Å². The number of hydroxylamine groups is 2. The van der Waals surface area contributed by atoms with Crippen molar-refractivity contribution >= 4 is 40.8 Å². The van der Waals surface area contributed by atoms with Gasteiger partial charge in [0.25, 0.3) is 0 Å². The molecular formula is C21H22Cl2FN5O2. The van der Waals surface area contributed by atoms with Gasteiger partial charge in [0.05, 0.1) is 16.8 Å². The third kappa shape index (κ3) is 4.40. The molecule has 0 bridgehead atoms. The molecule has 3 N–H and O–H groups in total. The zero-order valence-corrected chi connectivity index (χ0v) is 18.3. The highest BCUT2D eigenvalue weighted by atomic mass is 35.5. The van der Waals surface area contributed by atoms with Gasteiger partial charge in [-0.25, -0.2) is 14.1 Å². The van der Waals surface area contributed by atoms with Crippen LogP contribution in [0.3, 0.4) is 0 Å². The number of hydrogen-bond donors (Lipinski definition) is 2. The first kappa shape index (κ1) is 22.0. The molecule has 0 spiro atoms. The third-order valence-electron chi connectivity index (χ3n) is 5.54. The van der Waals surface area contributed by atoms with Crippen LogP contribution in [0.15, 0.2) is 35.7 Å². The average molecular weight is 466 g/mol. The molecule has 3 heterocycles. The predicted molar refractivity (Wildman–Crippen MR) is 120 cm³/mol. The zero-order chi connectivity index (χ0) is 22.2. The maximum atomic E-state index is 13.9. The molecule has 10 heteroatoms. The molecule has 4 rings (SSSR count). The lowest BCUT2D eigenvalue weighted by molar-refractivity contribution is -0.860. The van der Waals surface area contributed by atoms with Crippen molar-refractivity contribution in [2.45, 2.75) is 31.9 Å². The van der Waals surface area contributed by atoms with E-state index in [1.54, 1.807) is 31.6 Å². The molecule has 1 aromatic heterocycles. The Labute approximate surface area is 189 Å². The van der Waals surface area contributed by atoms with Gasteiger partial charge < -0.3 is 21.0 Å². The molecule has 31 heavy (non-hydrogen) atoms. The monoisotopic (exact) mass is 465 g/mol. The second-order valence-corrected chi connectivity index (χ2v) is 8.39. The van der Waals surface area contributed by atoms with E-state index in [-0.39, 0.29) is 27.7 Å². The van der Waals surface area contributed by atoms with Gasteiger partial charge in [-0.15, -0.1) is 0 Å². The number of nitrogens with zero attached hydrogens (tertiary/aromatic N) is 3. The SMILES string of the molecule is C[C@@H](Oc1cc(C2=C[N+]([O-])(C3CCNCC3)N=C2)cnc1N)c1c(Cl)ccc(F)c1Cl. The summed E-state index contributed by atoms with van der Waals surface area (Å²) in [5.74, 6) is -0.171. The summed E-state index contributed by atoms with van der Waals surface area (Å²) in [5, 5.41) is 20.8. The Morgan fingerprint density at radius 3 is 2.81 bits per heavy atom. The average Bonchev–Trinajstić information content (AvgIpc) is 3.17. The van der Waals surface area contributed by atoms with Crippen molar-refractivity contribution in [3.8, 4) is 5.75 Å². The molecule has 1 unspecified atom stereocenters. The van der Waals surface area contributed by atoms with Crippen molar-refractivity contribution in [3.05, 3.63) is 62.8 Å². The van der Waals surface area contributed by atoms with E-state index in [1.165, 1.54) is 12.1 Å². The molecular weight excluding hydrogens is 444 g/mol. The van der Waals surface area contributed by atoms with Crippen molar-refractivity contribution in [2.75, 3.05) is 18.8 Å². The van der Waals surface area contributed by atoms with E-state index in [4.69, 9.17) is 33.7 Å². The first-order chi connectivity index (χ1) is 14.8. The quantitative estimate of drug-likeness (QED) is 0.380. The van der Waals surface area contributed by atoms with Crippen LogP contribution in [0.25, 0.3) is 5.57 Å². The molecule has 0 saturated carbocycles. The van der Waals surface area contributed by atoms with E-state index < -0.39 is 16.7 Å². The molecule has 0 radical (unpaired) electrons. The molecule has 0 aliphatic carbocycles. The number of hydrogen-bond acceptors (Lipinski definition) is 6. The topological polar surface area (TPSA) is 95.6 Å². The van der Waals surface area contributed by atoms with Crippen LogP contribution in [0.1, 0.15) is 37.0 Å². The maximum Gasteiger partial charge on any atom is 0.166 e. The minimum atomic E-state index is -0.734. The van der Waals surface area contributed by atoms with E-state index in [2.05, 4.69) is 15.4 Å². The summed E-state index contributed by atoms with van der Waals surface area (Å²) >= 11 is 12.3. The van der Waals surface area contributed by atoms with Gasteiger partial charge in [-0.2, -0.15) is 0 Å². The van der Waals surface area contributed by atoms with Crippen molar-refractivity contribution in [3.63, 3.8) is 0 Å². The van der Waals surface area contributed by atoms with E-state index >= 15 is 0 Å². The lowest BCUT2D eigenvalue weighted by atomic mass is 10.1. The Morgan fingerprint density at radius 1 is 1.32 bits per heavy atom. The highest BCUT2D eigenvalue weighted by Crippen LogP contribution is 2.37. The summed E-state index contributed by atoms with van der Waals surface area (Å²) in [7, 11) is 0. The second-order valence-electron chi connectivity index (χ2n) is 7.61. The van der Waals surface area contributed by atoms with E-state index in [1.807, 2.05) is 0 Å². The van der Waals surface area contributed by atoms with Crippen molar-refractivity contribution in [2.24, 2.45) is 5.10 Å². The molecule has 1 fully saturated rings. The molecule has 0 amide bonds. The highest BCUT2D eigenvalue weighted by Gasteiger charge is 2.33. The molecule has 2 aliphatic rings. The van der Waals surface area contributed by atoms with Crippen molar-refractivity contribution < 1.29 is 13.9 Å². The summed E-state index contributed by atoms with van der Waals surface area (Å²) in [6.45, 7) is 3.29. The van der Waals surface area contributed by atoms with Crippen LogP contribution in [0, 0.1) is 11.0 Å². The Kier molecular flexibility index (Phi) is 6.18. The van der Waals surface area contributed by atoms with Gasteiger partial charge in [0.15, 0.2) is 11.6 Å². The Morgan fingerprint density at radius 2 is 2.06 bits per heavy atom. The summed E-state index contributed by atoms with van der Waals surface area (Å²) < 4.78 is 19.1. The lowest BCUT2D eigenvalue weighted by Gasteiger charge is -2.39. The smallest absolute Gasteiger partial charge is 0.166 e. The molecule has 164 valence electrons. The number of halogens is 3. The summed E-state index contributed by atoms with van der Waals surface area (Å²) in [4.78, 5) is 4.18. The fourth-order valence-corrected chi connectivity index (χ4v) is 4.49. The summed E-state index contributed by atoms with van der Waals surface area (Å²) in [6.07, 6.45) is 5.51. The van der Waals surface area contributed by atoms with Crippen LogP contribution < -0.4 is 15.8 Å². The van der Waals surface area contributed by atoms with Crippen molar-refractivity contribution in [1.82, 2.24) is 10.3 Å². The first-order valence-corrected chi connectivity index (χ1v) is 10.7. The third-order valence-corrected chi connectivity index (χ3v) is 6.25. The van der Waals surface area contributed by atoms with Crippen LogP contribution >= 0.6 is 23.2 Å². The molecule has 2 aromatic rings. The number of nitrogen functional groups attached to an aromatic ring is 1. The van der Waals surface area contributed by atoms with Gasteiger partial charge in [-0.05, 0) is 25.1 Å². The second kappa shape index (κ2) is 8.72. The highest BCUT2D eigenvalue weighted by molar-refractivity contribution is 6.36.